The van der Waals surface area contributed by atoms with Crippen LogP contribution in [0.2, 0.25) is 5.02 Å². The van der Waals surface area contributed by atoms with Gasteiger partial charge in [-0.3, -0.25) is 19.5 Å². The van der Waals surface area contributed by atoms with Gasteiger partial charge < -0.3 is 5.73 Å². The van der Waals surface area contributed by atoms with E-state index in [9.17, 15) is 9.59 Å². The average molecular weight is 279 g/mol. The molecule has 1 aliphatic rings. The van der Waals surface area contributed by atoms with Crippen molar-refractivity contribution in [2.45, 2.75) is 18.9 Å². The molecule has 0 aliphatic carbocycles. The number of fused-ring (bicyclic) bond motifs is 1. The fourth-order valence-electron chi connectivity index (χ4n) is 2.37. The van der Waals surface area contributed by atoms with E-state index in [-0.39, 0.29) is 24.2 Å². The molecule has 1 fully saturated rings. The van der Waals surface area contributed by atoms with Crippen LogP contribution >= 0.6 is 11.6 Å². The number of piperidine rings is 1. The number of para-hydroxylation sites is 1. The highest BCUT2D eigenvalue weighted by Crippen LogP contribution is 2.31. The van der Waals surface area contributed by atoms with Gasteiger partial charge in [0.2, 0.25) is 17.8 Å². The molecular formula is C12H11ClN4O2. The number of aromatic nitrogens is 2. The predicted octanol–water partition coefficient (Wildman–Crippen LogP) is 1.25. The number of carbonyl (C=O) groups is 2. The molecule has 2 amide bonds. The molecule has 6 nitrogen and oxygen atoms in total. The SMILES string of the molecule is Nc1nc2cccc(Cl)c2n1C1CCC(=O)NC1=O. The van der Waals surface area contributed by atoms with Crippen LogP contribution in [-0.2, 0) is 9.59 Å². The molecule has 0 saturated carbocycles. The Balaban J connectivity index is 2.17. The van der Waals surface area contributed by atoms with Crippen LogP contribution in [0.5, 0.6) is 0 Å². The van der Waals surface area contributed by atoms with Gasteiger partial charge in [0.25, 0.3) is 0 Å². The van der Waals surface area contributed by atoms with Gasteiger partial charge in [-0.2, -0.15) is 0 Å². The van der Waals surface area contributed by atoms with Crippen LogP contribution in [-0.4, -0.2) is 21.4 Å². The molecule has 1 aromatic heterocycles. The number of halogens is 1. The van der Waals surface area contributed by atoms with Crippen LogP contribution in [0.15, 0.2) is 18.2 Å². The van der Waals surface area contributed by atoms with E-state index in [1.165, 1.54) is 0 Å². The summed E-state index contributed by atoms with van der Waals surface area (Å²) in [6, 6.07) is 4.71. The van der Waals surface area contributed by atoms with Gasteiger partial charge >= 0.3 is 0 Å². The average Bonchev–Trinajstić information content (AvgIpc) is 2.67. The maximum atomic E-state index is 11.9. The number of nitrogen functional groups attached to an aromatic ring is 1. The smallest absolute Gasteiger partial charge is 0.249 e. The Morgan fingerprint density at radius 1 is 1.42 bits per heavy atom. The van der Waals surface area contributed by atoms with Crippen LogP contribution in [0.3, 0.4) is 0 Å². The summed E-state index contributed by atoms with van der Waals surface area (Å²) < 4.78 is 1.60. The lowest BCUT2D eigenvalue weighted by molar-refractivity contribution is -0.135. The highest BCUT2D eigenvalue weighted by Gasteiger charge is 2.31. The first kappa shape index (κ1) is 12.0. The van der Waals surface area contributed by atoms with Gasteiger partial charge in [0.05, 0.1) is 16.1 Å². The van der Waals surface area contributed by atoms with Crippen molar-refractivity contribution in [1.29, 1.82) is 0 Å². The summed E-state index contributed by atoms with van der Waals surface area (Å²) in [5.41, 5.74) is 7.13. The zero-order valence-electron chi connectivity index (χ0n) is 9.89. The van der Waals surface area contributed by atoms with E-state index in [2.05, 4.69) is 10.3 Å². The Morgan fingerprint density at radius 3 is 2.95 bits per heavy atom. The van der Waals surface area contributed by atoms with Crippen LogP contribution in [0.4, 0.5) is 5.95 Å². The van der Waals surface area contributed by atoms with E-state index >= 15 is 0 Å². The normalized spacial score (nSPS) is 19.7. The van der Waals surface area contributed by atoms with Crippen molar-refractivity contribution in [2.24, 2.45) is 0 Å². The summed E-state index contributed by atoms with van der Waals surface area (Å²) in [5, 5.41) is 2.78. The molecule has 1 aliphatic heterocycles. The first-order chi connectivity index (χ1) is 9.08. The topological polar surface area (TPSA) is 90.0 Å². The second kappa shape index (κ2) is 4.24. The fraction of sp³-hybridized carbons (Fsp3) is 0.250. The predicted molar refractivity (Wildman–Crippen MR) is 70.6 cm³/mol. The summed E-state index contributed by atoms with van der Waals surface area (Å²) in [5.74, 6) is -0.421. The van der Waals surface area contributed by atoms with Crippen molar-refractivity contribution in [3.63, 3.8) is 0 Å². The third-order valence-electron chi connectivity index (χ3n) is 3.21. The quantitative estimate of drug-likeness (QED) is 0.768. The van der Waals surface area contributed by atoms with Gasteiger partial charge in [0.1, 0.15) is 6.04 Å². The zero-order chi connectivity index (χ0) is 13.6. The largest absolute Gasteiger partial charge is 0.369 e. The minimum atomic E-state index is -0.553. The van der Waals surface area contributed by atoms with Crippen LogP contribution in [0.25, 0.3) is 11.0 Å². The third kappa shape index (κ3) is 1.84. The Kier molecular flexibility index (Phi) is 2.67. The lowest BCUT2D eigenvalue weighted by Crippen LogP contribution is -2.41. The van der Waals surface area contributed by atoms with E-state index in [1.54, 1.807) is 22.8 Å². The number of nitrogens with two attached hydrogens (primary N) is 1. The molecule has 7 heteroatoms. The molecular weight excluding hydrogens is 268 g/mol. The van der Waals surface area contributed by atoms with Gasteiger partial charge in [0.15, 0.2) is 0 Å². The van der Waals surface area contributed by atoms with E-state index in [0.29, 0.717) is 22.5 Å². The van der Waals surface area contributed by atoms with E-state index in [4.69, 9.17) is 17.3 Å². The summed E-state index contributed by atoms with van der Waals surface area (Å²) >= 11 is 6.16. The minimum absolute atomic E-state index is 0.220. The number of hydrogen-bond donors (Lipinski definition) is 2. The molecule has 1 aromatic carbocycles. The number of imidazole rings is 1. The molecule has 2 heterocycles. The number of amides is 2. The molecule has 98 valence electrons. The molecule has 0 spiro atoms. The summed E-state index contributed by atoms with van der Waals surface area (Å²) in [7, 11) is 0. The Morgan fingerprint density at radius 2 is 2.21 bits per heavy atom. The molecule has 3 N–H and O–H groups in total. The molecule has 1 saturated heterocycles. The maximum absolute atomic E-state index is 11.9. The number of anilines is 1. The maximum Gasteiger partial charge on any atom is 0.249 e. The molecule has 1 unspecified atom stereocenters. The Bertz CT molecular complexity index is 694. The van der Waals surface area contributed by atoms with Crippen LogP contribution in [0, 0.1) is 0 Å². The van der Waals surface area contributed by atoms with Crippen molar-refractivity contribution < 1.29 is 9.59 Å². The van der Waals surface area contributed by atoms with Crippen LogP contribution < -0.4 is 11.1 Å². The number of nitrogens with one attached hydrogen (secondary N) is 1. The number of nitrogens with zero attached hydrogens (tertiary/aromatic N) is 2. The number of benzene rings is 1. The van der Waals surface area contributed by atoms with Crippen molar-refractivity contribution >= 4 is 40.4 Å². The van der Waals surface area contributed by atoms with Crippen molar-refractivity contribution in [3.8, 4) is 0 Å². The van der Waals surface area contributed by atoms with Crippen molar-refractivity contribution in [3.05, 3.63) is 23.2 Å². The molecule has 3 rings (SSSR count). The van der Waals surface area contributed by atoms with Crippen molar-refractivity contribution in [1.82, 2.24) is 14.9 Å². The van der Waals surface area contributed by atoms with E-state index in [0.717, 1.165) is 0 Å². The lowest BCUT2D eigenvalue weighted by Gasteiger charge is -2.23. The number of imide groups is 1. The second-order valence-electron chi connectivity index (χ2n) is 4.41. The number of hydrogen-bond acceptors (Lipinski definition) is 4. The van der Waals surface area contributed by atoms with Crippen LogP contribution in [0.1, 0.15) is 18.9 Å². The standard InChI is InChI=1S/C12H11ClN4O2/c13-6-2-1-3-7-10(6)17(12(14)15-7)8-4-5-9(18)16-11(8)19/h1-3,8H,4-5H2,(H2,14,15)(H,16,18,19). The zero-order valence-corrected chi connectivity index (χ0v) is 10.6. The van der Waals surface area contributed by atoms with Gasteiger partial charge in [-0.1, -0.05) is 17.7 Å². The second-order valence-corrected chi connectivity index (χ2v) is 4.82. The lowest BCUT2D eigenvalue weighted by atomic mass is 10.1. The van der Waals surface area contributed by atoms with Gasteiger partial charge in [-0.15, -0.1) is 0 Å². The monoisotopic (exact) mass is 278 g/mol. The highest BCUT2D eigenvalue weighted by molar-refractivity contribution is 6.35. The molecule has 0 radical (unpaired) electrons. The third-order valence-corrected chi connectivity index (χ3v) is 3.51. The minimum Gasteiger partial charge on any atom is -0.369 e. The molecule has 1 atom stereocenters. The first-order valence-corrected chi connectivity index (χ1v) is 6.21. The summed E-state index contributed by atoms with van der Waals surface area (Å²) in [6.45, 7) is 0. The fourth-order valence-corrected chi connectivity index (χ4v) is 2.63. The summed E-state index contributed by atoms with van der Waals surface area (Å²) in [6.07, 6.45) is 0.672. The first-order valence-electron chi connectivity index (χ1n) is 5.83. The Hall–Kier alpha value is -2.08. The molecule has 19 heavy (non-hydrogen) atoms. The van der Waals surface area contributed by atoms with E-state index < -0.39 is 6.04 Å². The van der Waals surface area contributed by atoms with Gasteiger partial charge in [0, 0.05) is 6.42 Å². The number of rotatable bonds is 1. The highest BCUT2D eigenvalue weighted by atomic mass is 35.5. The Labute approximate surface area is 113 Å². The molecule has 0 bridgehead atoms. The van der Waals surface area contributed by atoms with E-state index in [1.807, 2.05) is 0 Å². The number of carbonyl (C=O) groups excluding carboxylic acids is 2. The van der Waals surface area contributed by atoms with Crippen molar-refractivity contribution in [2.75, 3.05) is 5.73 Å². The van der Waals surface area contributed by atoms with Gasteiger partial charge in [-0.05, 0) is 18.6 Å². The molecule has 2 aromatic rings. The summed E-state index contributed by atoms with van der Waals surface area (Å²) in [4.78, 5) is 27.3. The van der Waals surface area contributed by atoms with Gasteiger partial charge in [-0.25, -0.2) is 4.98 Å².